The molecule has 0 unspecified atom stereocenters. The number of carbonyl (C=O) groups is 1. The molecule has 2 aromatic carbocycles. The van der Waals surface area contributed by atoms with Crippen molar-refractivity contribution < 1.29 is 9.63 Å². The Morgan fingerprint density at radius 1 is 1.18 bits per heavy atom. The number of rotatable bonds is 4. The van der Waals surface area contributed by atoms with Crippen LogP contribution >= 0.6 is 39.1 Å². The van der Waals surface area contributed by atoms with Crippen molar-refractivity contribution in [3.63, 3.8) is 0 Å². The molecule has 2 N–H and O–H groups in total. The lowest BCUT2D eigenvalue weighted by atomic mass is 10.1. The van der Waals surface area contributed by atoms with E-state index in [2.05, 4.69) is 21.1 Å². The Hall–Kier alpha value is -1.56. The van der Waals surface area contributed by atoms with Gasteiger partial charge >= 0.3 is 5.97 Å². The van der Waals surface area contributed by atoms with Gasteiger partial charge in [0.2, 0.25) is 0 Å². The highest BCUT2D eigenvalue weighted by atomic mass is 79.9. The molecule has 0 spiro atoms. The van der Waals surface area contributed by atoms with Crippen LogP contribution in [0.2, 0.25) is 10.0 Å². The molecule has 0 aromatic heterocycles. The summed E-state index contributed by atoms with van der Waals surface area (Å²) in [5.74, 6) is -0.602. The van der Waals surface area contributed by atoms with Crippen molar-refractivity contribution in [1.29, 1.82) is 0 Å². The van der Waals surface area contributed by atoms with E-state index in [0.29, 0.717) is 26.5 Å². The van der Waals surface area contributed by atoms with Crippen molar-refractivity contribution in [2.75, 3.05) is 0 Å². The zero-order valence-corrected chi connectivity index (χ0v) is 14.3. The average molecular weight is 402 g/mol. The molecule has 0 aliphatic rings. The fourth-order valence-corrected chi connectivity index (χ4v) is 2.72. The van der Waals surface area contributed by atoms with E-state index in [-0.39, 0.29) is 5.84 Å². The average Bonchev–Trinajstić information content (AvgIpc) is 2.52. The minimum Gasteiger partial charge on any atom is -0.380 e. The fraction of sp³-hybridized carbons (Fsp3) is 0.0667. The number of hydrogen-bond acceptors (Lipinski definition) is 3. The van der Waals surface area contributed by atoms with E-state index < -0.39 is 5.97 Å². The van der Waals surface area contributed by atoms with Crippen molar-refractivity contribution in [3.05, 3.63) is 69.2 Å². The van der Waals surface area contributed by atoms with Gasteiger partial charge in [0.1, 0.15) is 0 Å². The van der Waals surface area contributed by atoms with Crippen LogP contribution in [0.15, 0.2) is 47.6 Å². The highest BCUT2D eigenvalue weighted by Crippen LogP contribution is 2.21. The molecule has 0 fully saturated rings. The quantitative estimate of drug-likeness (QED) is 0.272. The second-order valence-electron chi connectivity index (χ2n) is 4.27. The smallest absolute Gasteiger partial charge is 0.366 e. The van der Waals surface area contributed by atoms with E-state index in [9.17, 15) is 4.79 Å². The first-order valence-electron chi connectivity index (χ1n) is 6.17. The summed E-state index contributed by atoms with van der Waals surface area (Å²) in [5.41, 5.74) is 7.43. The Kier molecular flexibility index (Phi) is 5.83. The summed E-state index contributed by atoms with van der Waals surface area (Å²) in [7, 11) is 0. The van der Waals surface area contributed by atoms with E-state index in [4.69, 9.17) is 33.8 Å². The monoisotopic (exact) mass is 400 g/mol. The molecule has 114 valence electrons. The number of nitrogens with zero attached hydrogens (tertiary/aromatic N) is 1. The maximum atomic E-state index is 12.0. The van der Waals surface area contributed by atoms with Crippen molar-refractivity contribution in [2.45, 2.75) is 5.33 Å². The molecule has 0 saturated carbocycles. The van der Waals surface area contributed by atoms with Gasteiger partial charge < -0.3 is 10.6 Å². The SMILES string of the molecule is N/C(=N\OC(=O)c1ccccc1CBr)c1ccc(Cl)cc1Cl. The number of hydrogen-bond donors (Lipinski definition) is 1. The van der Waals surface area contributed by atoms with Gasteiger partial charge in [-0.15, -0.1) is 0 Å². The highest BCUT2D eigenvalue weighted by Gasteiger charge is 2.13. The minimum atomic E-state index is -0.594. The van der Waals surface area contributed by atoms with Gasteiger partial charge in [-0.05, 0) is 29.8 Å². The van der Waals surface area contributed by atoms with Gasteiger partial charge in [-0.3, -0.25) is 0 Å². The van der Waals surface area contributed by atoms with E-state index in [1.54, 1.807) is 24.3 Å². The number of carbonyl (C=O) groups excluding carboxylic acids is 1. The van der Waals surface area contributed by atoms with E-state index in [1.165, 1.54) is 6.07 Å². The van der Waals surface area contributed by atoms with Crippen LogP contribution in [0.25, 0.3) is 0 Å². The second-order valence-corrected chi connectivity index (χ2v) is 5.67. The minimum absolute atomic E-state index is 0.00802. The topological polar surface area (TPSA) is 64.7 Å². The molecule has 22 heavy (non-hydrogen) atoms. The third kappa shape index (κ3) is 4.00. The summed E-state index contributed by atoms with van der Waals surface area (Å²) in [6.45, 7) is 0. The molecule has 2 rings (SSSR count). The number of oxime groups is 1. The van der Waals surface area contributed by atoms with E-state index >= 15 is 0 Å². The zero-order chi connectivity index (χ0) is 16.1. The number of benzene rings is 2. The highest BCUT2D eigenvalue weighted by molar-refractivity contribution is 9.08. The standard InChI is InChI=1S/C15H11BrCl2N2O2/c16-8-9-3-1-2-4-11(9)15(21)22-20-14(19)12-6-5-10(17)7-13(12)18/h1-7H,8H2,(H2,19,20). The second kappa shape index (κ2) is 7.63. The first-order valence-corrected chi connectivity index (χ1v) is 8.04. The normalized spacial score (nSPS) is 11.3. The predicted molar refractivity (Wildman–Crippen MR) is 91.7 cm³/mol. The maximum Gasteiger partial charge on any atom is 0.366 e. The maximum absolute atomic E-state index is 12.0. The summed E-state index contributed by atoms with van der Waals surface area (Å²) < 4.78 is 0. The van der Waals surface area contributed by atoms with Crippen LogP contribution in [-0.2, 0) is 10.2 Å². The van der Waals surface area contributed by atoms with Gasteiger partial charge in [0.15, 0.2) is 5.84 Å². The molecule has 0 radical (unpaired) electrons. The lowest BCUT2D eigenvalue weighted by Crippen LogP contribution is -2.16. The Morgan fingerprint density at radius 3 is 2.59 bits per heavy atom. The number of halogens is 3. The molecule has 0 aliphatic carbocycles. The van der Waals surface area contributed by atoms with Crippen LogP contribution in [0.4, 0.5) is 0 Å². The van der Waals surface area contributed by atoms with Gasteiger partial charge in [0, 0.05) is 15.9 Å². The lowest BCUT2D eigenvalue weighted by Gasteiger charge is -2.06. The third-order valence-corrected chi connectivity index (χ3v) is 3.97. The molecular weight excluding hydrogens is 391 g/mol. The van der Waals surface area contributed by atoms with Crippen LogP contribution in [0.3, 0.4) is 0 Å². The van der Waals surface area contributed by atoms with Gasteiger partial charge in [-0.1, -0.05) is 62.5 Å². The van der Waals surface area contributed by atoms with Gasteiger partial charge in [-0.2, -0.15) is 0 Å². The number of nitrogens with two attached hydrogens (primary N) is 1. The molecule has 0 saturated heterocycles. The van der Waals surface area contributed by atoms with Crippen molar-refractivity contribution in [3.8, 4) is 0 Å². The summed E-state index contributed by atoms with van der Waals surface area (Å²) in [6.07, 6.45) is 0. The Morgan fingerprint density at radius 2 is 1.91 bits per heavy atom. The van der Waals surface area contributed by atoms with Crippen molar-refractivity contribution in [1.82, 2.24) is 0 Å². The third-order valence-electron chi connectivity index (χ3n) is 2.82. The van der Waals surface area contributed by atoms with Crippen LogP contribution in [0.5, 0.6) is 0 Å². The first-order chi connectivity index (χ1) is 10.5. The predicted octanol–water partition coefficient (Wildman–Crippen LogP) is 4.37. The molecule has 4 nitrogen and oxygen atoms in total. The van der Waals surface area contributed by atoms with Crippen molar-refractivity contribution >= 4 is 50.9 Å². The largest absolute Gasteiger partial charge is 0.380 e. The van der Waals surface area contributed by atoms with Crippen LogP contribution < -0.4 is 5.73 Å². The Balaban J connectivity index is 2.18. The molecule has 0 atom stereocenters. The summed E-state index contributed by atoms with van der Waals surface area (Å²) in [4.78, 5) is 16.9. The van der Waals surface area contributed by atoms with Crippen LogP contribution in [0, 0.1) is 0 Å². The summed E-state index contributed by atoms with van der Waals surface area (Å²) >= 11 is 15.1. The zero-order valence-electron chi connectivity index (χ0n) is 11.2. The van der Waals surface area contributed by atoms with Crippen LogP contribution in [-0.4, -0.2) is 11.8 Å². The van der Waals surface area contributed by atoms with Crippen LogP contribution in [0.1, 0.15) is 21.5 Å². The summed E-state index contributed by atoms with van der Waals surface area (Å²) in [5, 5.41) is 4.97. The lowest BCUT2D eigenvalue weighted by molar-refractivity contribution is 0.0515. The molecule has 2 aromatic rings. The first kappa shape index (κ1) is 16.8. The van der Waals surface area contributed by atoms with E-state index in [0.717, 1.165) is 5.56 Å². The molecular formula is C15H11BrCl2N2O2. The van der Waals surface area contributed by atoms with Gasteiger partial charge in [0.25, 0.3) is 0 Å². The Bertz CT molecular complexity index is 735. The molecule has 7 heteroatoms. The molecule has 0 bridgehead atoms. The summed E-state index contributed by atoms with van der Waals surface area (Å²) in [6, 6.07) is 11.8. The fourth-order valence-electron chi connectivity index (χ4n) is 1.72. The van der Waals surface area contributed by atoms with Gasteiger partial charge in [0.05, 0.1) is 10.6 Å². The van der Waals surface area contributed by atoms with Gasteiger partial charge in [-0.25, -0.2) is 4.79 Å². The molecule has 0 amide bonds. The van der Waals surface area contributed by atoms with Crippen molar-refractivity contribution in [2.24, 2.45) is 10.9 Å². The molecule has 0 aliphatic heterocycles. The Labute approximate surface area is 146 Å². The number of alkyl halides is 1. The van der Waals surface area contributed by atoms with E-state index in [1.807, 2.05) is 12.1 Å². The number of amidine groups is 1. The molecule has 0 heterocycles.